The molecule has 0 saturated carbocycles. The summed E-state index contributed by atoms with van der Waals surface area (Å²) >= 11 is 0. The van der Waals surface area contributed by atoms with E-state index in [-0.39, 0.29) is 5.91 Å². The molecule has 0 unspecified atom stereocenters. The lowest BCUT2D eigenvalue weighted by molar-refractivity contribution is -0.130. The first kappa shape index (κ1) is 14.7. The Morgan fingerprint density at radius 3 is 1.68 bits per heavy atom. The lowest BCUT2D eigenvalue weighted by atomic mass is 10.3. The Balaban J connectivity index is 1.96. The second-order valence-corrected chi connectivity index (χ2v) is 7.04. The van der Waals surface area contributed by atoms with Crippen molar-refractivity contribution in [2.45, 2.75) is 6.92 Å². The van der Waals surface area contributed by atoms with Crippen molar-refractivity contribution in [1.82, 2.24) is 18.4 Å². The third-order valence-electron chi connectivity index (χ3n) is 3.80. The van der Waals surface area contributed by atoms with E-state index >= 15 is 0 Å². The van der Waals surface area contributed by atoms with Crippen LogP contribution in [0.3, 0.4) is 0 Å². The number of hydrogen-bond donors (Lipinski definition) is 0. The Kier molecular flexibility index (Phi) is 4.44. The zero-order valence-electron chi connectivity index (χ0n) is 11.6. The van der Waals surface area contributed by atoms with Gasteiger partial charge in [-0.15, -0.1) is 0 Å². The predicted molar refractivity (Wildman–Crippen MR) is 71.8 cm³/mol. The number of piperazine rings is 2. The van der Waals surface area contributed by atoms with Crippen LogP contribution in [0, 0.1) is 0 Å². The van der Waals surface area contributed by atoms with Gasteiger partial charge in [-0.05, 0) is 7.05 Å². The molecule has 0 aromatic carbocycles. The molecule has 7 nitrogen and oxygen atoms in total. The first-order chi connectivity index (χ1) is 8.91. The molecule has 2 aliphatic rings. The van der Waals surface area contributed by atoms with Gasteiger partial charge in [0.2, 0.25) is 5.91 Å². The minimum atomic E-state index is -3.36. The fourth-order valence-electron chi connectivity index (χ4n) is 2.42. The van der Waals surface area contributed by atoms with Crippen LogP contribution in [-0.2, 0) is 15.0 Å². The summed E-state index contributed by atoms with van der Waals surface area (Å²) < 4.78 is 28.0. The number of carbonyl (C=O) groups is 1. The van der Waals surface area contributed by atoms with E-state index in [0.717, 1.165) is 13.1 Å². The molecule has 0 aromatic heterocycles. The maximum atomic E-state index is 12.5. The quantitative estimate of drug-likeness (QED) is 0.630. The maximum absolute atomic E-state index is 12.5. The van der Waals surface area contributed by atoms with Crippen LogP contribution in [0.1, 0.15) is 6.92 Å². The second-order valence-electron chi connectivity index (χ2n) is 5.12. The third-order valence-corrected chi connectivity index (χ3v) is 5.83. The van der Waals surface area contributed by atoms with Gasteiger partial charge in [0.15, 0.2) is 0 Å². The number of likely N-dealkylation sites (N-methyl/N-ethyl adjacent to an activating group) is 1. The van der Waals surface area contributed by atoms with Crippen LogP contribution in [0.4, 0.5) is 0 Å². The highest BCUT2D eigenvalue weighted by Crippen LogP contribution is 2.14. The first-order valence-corrected chi connectivity index (χ1v) is 8.00. The molecule has 0 aliphatic carbocycles. The molecule has 8 heteroatoms. The standard InChI is InChI=1S/C11H22N4O3S/c1-11(16)13-5-9-15(10-6-13)19(17,18)14-7-3-12(2)4-8-14/h3-10H2,1-2H3. The van der Waals surface area contributed by atoms with Gasteiger partial charge in [-0.1, -0.05) is 0 Å². The molecule has 0 aromatic rings. The van der Waals surface area contributed by atoms with Crippen LogP contribution < -0.4 is 0 Å². The van der Waals surface area contributed by atoms with Crippen LogP contribution >= 0.6 is 0 Å². The lowest BCUT2D eigenvalue weighted by Gasteiger charge is -2.38. The average molecular weight is 290 g/mol. The summed E-state index contributed by atoms with van der Waals surface area (Å²) in [5, 5.41) is 0. The van der Waals surface area contributed by atoms with E-state index in [1.165, 1.54) is 11.2 Å². The van der Waals surface area contributed by atoms with Gasteiger partial charge in [-0.2, -0.15) is 17.0 Å². The Morgan fingerprint density at radius 2 is 1.26 bits per heavy atom. The Morgan fingerprint density at radius 1 is 0.842 bits per heavy atom. The Labute approximate surface area is 114 Å². The van der Waals surface area contributed by atoms with Crippen molar-refractivity contribution in [3.05, 3.63) is 0 Å². The first-order valence-electron chi connectivity index (χ1n) is 6.60. The monoisotopic (exact) mass is 290 g/mol. The van der Waals surface area contributed by atoms with Gasteiger partial charge in [0.05, 0.1) is 0 Å². The number of carbonyl (C=O) groups excluding carboxylic acids is 1. The zero-order valence-corrected chi connectivity index (χ0v) is 12.4. The SMILES string of the molecule is CC(=O)N1CCN(S(=O)(=O)N2CCN(C)CC2)CC1. The molecule has 2 rings (SSSR count). The van der Waals surface area contributed by atoms with E-state index in [9.17, 15) is 13.2 Å². The molecule has 110 valence electrons. The molecular weight excluding hydrogens is 268 g/mol. The summed E-state index contributed by atoms with van der Waals surface area (Å²) in [6.07, 6.45) is 0. The molecule has 0 radical (unpaired) electrons. The van der Waals surface area contributed by atoms with Crippen LogP contribution in [0.5, 0.6) is 0 Å². The Hall–Kier alpha value is -0.700. The van der Waals surface area contributed by atoms with Crippen molar-refractivity contribution in [3.8, 4) is 0 Å². The summed E-state index contributed by atoms with van der Waals surface area (Å²) in [6.45, 7) is 5.93. The molecule has 0 bridgehead atoms. The van der Waals surface area contributed by atoms with Gasteiger partial charge >= 0.3 is 0 Å². The highest BCUT2D eigenvalue weighted by molar-refractivity contribution is 7.86. The number of amides is 1. The zero-order chi connectivity index (χ0) is 14.0. The Bertz CT molecular complexity index is 423. The van der Waals surface area contributed by atoms with Crippen molar-refractivity contribution >= 4 is 16.1 Å². The van der Waals surface area contributed by atoms with Crippen LogP contribution in [0.2, 0.25) is 0 Å². The van der Waals surface area contributed by atoms with Crippen LogP contribution in [0.25, 0.3) is 0 Å². The minimum Gasteiger partial charge on any atom is -0.340 e. The van der Waals surface area contributed by atoms with E-state index in [4.69, 9.17) is 0 Å². The van der Waals surface area contributed by atoms with Gasteiger partial charge in [0.25, 0.3) is 10.2 Å². The van der Waals surface area contributed by atoms with Crippen molar-refractivity contribution < 1.29 is 13.2 Å². The summed E-state index contributed by atoms with van der Waals surface area (Å²) in [5.74, 6) is 0.0108. The topological polar surface area (TPSA) is 64.2 Å². The van der Waals surface area contributed by atoms with E-state index in [1.54, 1.807) is 9.21 Å². The van der Waals surface area contributed by atoms with Crippen molar-refractivity contribution in [3.63, 3.8) is 0 Å². The lowest BCUT2D eigenvalue weighted by Crippen LogP contribution is -2.57. The summed E-state index contributed by atoms with van der Waals surface area (Å²) in [7, 11) is -1.36. The molecule has 19 heavy (non-hydrogen) atoms. The van der Waals surface area contributed by atoms with Gasteiger partial charge < -0.3 is 9.80 Å². The highest BCUT2D eigenvalue weighted by Gasteiger charge is 2.34. The molecule has 0 N–H and O–H groups in total. The third kappa shape index (κ3) is 3.25. The van der Waals surface area contributed by atoms with Gasteiger partial charge in [-0.3, -0.25) is 4.79 Å². The smallest absolute Gasteiger partial charge is 0.282 e. The van der Waals surface area contributed by atoms with Crippen molar-refractivity contribution in [1.29, 1.82) is 0 Å². The van der Waals surface area contributed by atoms with Gasteiger partial charge in [-0.25, -0.2) is 0 Å². The molecule has 2 aliphatic heterocycles. The van der Waals surface area contributed by atoms with Crippen molar-refractivity contribution in [2.75, 3.05) is 59.4 Å². The average Bonchev–Trinajstić information content (AvgIpc) is 2.39. The highest BCUT2D eigenvalue weighted by atomic mass is 32.2. The van der Waals surface area contributed by atoms with Crippen molar-refractivity contribution in [2.24, 2.45) is 0 Å². The fraction of sp³-hybridized carbons (Fsp3) is 0.909. The summed E-state index contributed by atoms with van der Waals surface area (Å²) in [4.78, 5) is 15.1. The molecule has 2 heterocycles. The fourth-order valence-corrected chi connectivity index (χ4v) is 3.99. The molecule has 1 amide bonds. The molecule has 2 saturated heterocycles. The van der Waals surface area contributed by atoms with Gasteiger partial charge in [0.1, 0.15) is 0 Å². The molecule has 0 atom stereocenters. The predicted octanol–water partition coefficient (Wildman–Crippen LogP) is -1.36. The minimum absolute atomic E-state index is 0.0108. The number of nitrogens with zero attached hydrogens (tertiary/aromatic N) is 4. The molecule has 2 fully saturated rings. The summed E-state index contributed by atoms with van der Waals surface area (Å²) in [6, 6.07) is 0. The molecule has 0 spiro atoms. The van der Waals surface area contributed by atoms with Crippen LogP contribution in [-0.4, -0.2) is 92.1 Å². The van der Waals surface area contributed by atoms with E-state index in [0.29, 0.717) is 39.3 Å². The van der Waals surface area contributed by atoms with E-state index in [1.807, 2.05) is 7.05 Å². The molecular formula is C11H22N4O3S. The number of hydrogen-bond acceptors (Lipinski definition) is 4. The normalized spacial score (nSPS) is 24.6. The largest absolute Gasteiger partial charge is 0.340 e. The van der Waals surface area contributed by atoms with Crippen LogP contribution in [0.15, 0.2) is 0 Å². The van der Waals surface area contributed by atoms with E-state index in [2.05, 4.69) is 4.90 Å². The summed E-state index contributed by atoms with van der Waals surface area (Å²) in [5.41, 5.74) is 0. The maximum Gasteiger partial charge on any atom is 0.282 e. The van der Waals surface area contributed by atoms with E-state index < -0.39 is 10.2 Å². The number of rotatable bonds is 2. The second kappa shape index (κ2) is 5.74. The van der Waals surface area contributed by atoms with Gasteiger partial charge in [0, 0.05) is 59.3 Å².